The lowest BCUT2D eigenvalue weighted by Gasteiger charge is -2.13. The van der Waals surface area contributed by atoms with Crippen molar-refractivity contribution in [1.29, 1.82) is 0 Å². The first-order chi connectivity index (χ1) is 20.5. The first-order valence-electron chi connectivity index (χ1n) is 14.4. The molecule has 0 saturated carbocycles. The van der Waals surface area contributed by atoms with Gasteiger partial charge in [0.2, 0.25) is 0 Å². The van der Waals surface area contributed by atoms with E-state index >= 15 is 0 Å². The van der Waals surface area contributed by atoms with E-state index < -0.39 is 0 Å². The van der Waals surface area contributed by atoms with Gasteiger partial charge in [0.05, 0.1) is 45.2 Å². The van der Waals surface area contributed by atoms with E-state index in [-0.39, 0.29) is 11.8 Å². The molecule has 0 fully saturated rings. The fourth-order valence-corrected chi connectivity index (χ4v) is 4.02. The smallest absolute Gasteiger partial charge is 0.255 e. The number of carbonyl (C=O) groups excluding carboxylic acids is 2. The lowest BCUT2D eigenvalue weighted by atomic mass is 10.1. The SMILES string of the molecule is CCCOc1cc(OC)ccc1C(=O)NCCCOc1ccc(CCNC(=O)c2ccc(OC)cc2OCCC)cc1. The minimum absolute atomic E-state index is 0.187. The Balaban J connectivity index is 1.39. The Labute approximate surface area is 248 Å². The molecule has 2 N–H and O–H groups in total. The first-order valence-corrected chi connectivity index (χ1v) is 14.4. The molecule has 0 saturated heterocycles. The first kappa shape index (κ1) is 32.1. The van der Waals surface area contributed by atoms with Gasteiger partial charge in [-0.15, -0.1) is 0 Å². The van der Waals surface area contributed by atoms with E-state index in [1.807, 2.05) is 38.1 Å². The van der Waals surface area contributed by atoms with Crippen LogP contribution in [-0.2, 0) is 6.42 Å². The van der Waals surface area contributed by atoms with Crippen LogP contribution in [0.2, 0.25) is 0 Å². The molecule has 0 unspecified atom stereocenters. The summed E-state index contributed by atoms with van der Waals surface area (Å²) < 4.78 is 27.8. The number of ether oxygens (including phenoxy) is 5. The second kappa shape index (κ2) is 17.4. The zero-order valence-corrected chi connectivity index (χ0v) is 25.0. The van der Waals surface area contributed by atoms with Crippen LogP contribution in [0, 0.1) is 0 Å². The van der Waals surface area contributed by atoms with Gasteiger partial charge in [-0.2, -0.15) is 0 Å². The van der Waals surface area contributed by atoms with Gasteiger partial charge in [0.15, 0.2) is 0 Å². The molecule has 3 aromatic rings. The van der Waals surface area contributed by atoms with Crippen LogP contribution in [0.3, 0.4) is 0 Å². The molecule has 3 rings (SSSR count). The summed E-state index contributed by atoms with van der Waals surface area (Å²) in [6.07, 6.45) is 3.01. The van der Waals surface area contributed by atoms with E-state index in [0.29, 0.717) is 79.9 Å². The van der Waals surface area contributed by atoms with Gasteiger partial charge in [0.25, 0.3) is 11.8 Å². The minimum atomic E-state index is -0.197. The molecule has 0 aromatic heterocycles. The number of amides is 2. The average molecular weight is 579 g/mol. The second-order valence-electron chi connectivity index (χ2n) is 9.53. The van der Waals surface area contributed by atoms with Crippen LogP contribution < -0.4 is 34.3 Å². The monoisotopic (exact) mass is 578 g/mol. The van der Waals surface area contributed by atoms with Gasteiger partial charge in [-0.1, -0.05) is 26.0 Å². The van der Waals surface area contributed by atoms with Crippen molar-refractivity contribution in [3.05, 3.63) is 77.4 Å². The fourth-order valence-electron chi connectivity index (χ4n) is 4.02. The van der Waals surface area contributed by atoms with Crippen molar-refractivity contribution < 1.29 is 33.3 Å². The molecule has 9 heteroatoms. The van der Waals surface area contributed by atoms with Crippen molar-refractivity contribution in [1.82, 2.24) is 10.6 Å². The van der Waals surface area contributed by atoms with Crippen LogP contribution in [0.25, 0.3) is 0 Å². The molecule has 3 aromatic carbocycles. The van der Waals surface area contributed by atoms with Gasteiger partial charge in [-0.3, -0.25) is 9.59 Å². The standard InChI is InChI=1S/C33H42N2O7/c1-5-19-41-30-22-26(38-3)12-14-28(30)32(36)34-17-7-21-40-25-10-8-24(9-11-25)16-18-35-33(37)29-15-13-27(39-4)23-31(29)42-20-6-2/h8-15,22-23H,5-7,16-21H2,1-4H3,(H,34,36)(H,35,37). The number of hydrogen-bond acceptors (Lipinski definition) is 7. The van der Waals surface area contributed by atoms with Gasteiger partial charge < -0.3 is 34.3 Å². The number of nitrogens with one attached hydrogen (secondary N) is 2. The third kappa shape index (κ3) is 9.90. The van der Waals surface area contributed by atoms with Crippen molar-refractivity contribution in [2.24, 2.45) is 0 Å². The Morgan fingerprint density at radius 1 is 0.619 bits per heavy atom. The van der Waals surface area contributed by atoms with E-state index in [1.54, 1.807) is 50.6 Å². The third-order valence-electron chi connectivity index (χ3n) is 6.29. The zero-order valence-electron chi connectivity index (χ0n) is 25.0. The van der Waals surface area contributed by atoms with Gasteiger partial charge in [0.1, 0.15) is 28.7 Å². The highest BCUT2D eigenvalue weighted by atomic mass is 16.5. The zero-order chi connectivity index (χ0) is 30.2. The Morgan fingerprint density at radius 3 is 1.62 bits per heavy atom. The Hall–Kier alpha value is -4.40. The summed E-state index contributed by atoms with van der Waals surface area (Å²) in [5.74, 6) is 2.67. The number of rotatable bonds is 18. The van der Waals surface area contributed by atoms with Gasteiger partial charge in [0, 0.05) is 25.2 Å². The maximum atomic E-state index is 12.8. The molecule has 0 aliphatic carbocycles. The lowest BCUT2D eigenvalue weighted by molar-refractivity contribution is 0.0939. The van der Waals surface area contributed by atoms with Crippen LogP contribution >= 0.6 is 0 Å². The van der Waals surface area contributed by atoms with Gasteiger partial charge in [-0.05, 0) is 67.6 Å². The summed E-state index contributed by atoms with van der Waals surface area (Å²) in [6.45, 7) is 6.48. The quantitative estimate of drug-likeness (QED) is 0.193. The summed E-state index contributed by atoms with van der Waals surface area (Å²) in [6, 6.07) is 18.2. The highest BCUT2D eigenvalue weighted by Gasteiger charge is 2.15. The molecular formula is C33H42N2O7. The Kier molecular flexibility index (Phi) is 13.3. The number of methoxy groups -OCH3 is 2. The topological polar surface area (TPSA) is 104 Å². The van der Waals surface area contributed by atoms with Gasteiger partial charge >= 0.3 is 0 Å². The van der Waals surface area contributed by atoms with Crippen molar-refractivity contribution in [3.8, 4) is 28.7 Å². The average Bonchev–Trinajstić information content (AvgIpc) is 3.02. The van der Waals surface area contributed by atoms with Crippen LogP contribution in [0.15, 0.2) is 60.7 Å². The maximum absolute atomic E-state index is 12.8. The van der Waals surface area contributed by atoms with Crippen molar-refractivity contribution in [2.75, 3.05) is 47.1 Å². The van der Waals surface area contributed by atoms with Crippen LogP contribution in [0.5, 0.6) is 28.7 Å². The molecule has 42 heavy (non-hydrogen) atoms. The lowest BCUT2D eigenvalue weighted by Crippen LogP contribution is -2.26. The number of carbonyl (C=O) groups is 2. The summed E-state index contributed by atoms with van der Waals surface area (Å²) in [5.41, 5.74) is 2.04. The van der Waals surface area contributed by atoms with E-state index in [2.05, 4.69) is 10.6 Å². The van der Waals surface area contributed by atoms with E-state index in [4.69, 9.17) is 23.7 Å². The van der Waals surface area contributed by atoms with E-state index in [0.717, 1.165) is 24.2 Å². The number of hydrogen-bond donors (Lipinski definition) is 2. The van der Waals surface area contributed by atoms with Gasteiger partial charge in [-0.25, -0.2) is 0 Å². The molecule has 9 nitrogen and oxygen atoms in total. The summed E-state index contributed by atoms with van der Waals surface area (Å²) in [7, 11) is 3.16. The highest BCUT2D eigenvalue weighted by molar-refractivity contribution is 5.97. The van der Waals surface area contributed by atoms with E-state index in [1.165, 1.54) is 0 Å². The fraction of sp³-hybridized carbons (Fsp3) is 0.394. The largest absolute Gasteiger partial charge is 0.497 e. The number of benzene rings is 3. The maximum Gasteiger partial charge on any atom is 0.255 e. The highest BCUT2D eigenvalue weighted by Crippen LogP contribution is 2.26. The molecule has 0 radical (unpaired) electrons. The molecule has 2 amide bonds. The van der Waals surface area contributed by atoms with Crippen molar-refractivity contribution >= 4 is 11.8 Å². The molecule has 0 bridgehead atoms. The Morgan fingerprint density at radius 2 is 1.12 bits per heavy atom. The second-order valence-corrected chi connectivity index (χ2v) is 9.53. The van der Waals surface area contributed by atoms with Crippen LogP contribution in [0.1, 0.15) is 59.4 Å². The minimum Gasteiger partial charge on any atom is -0.497 e. The third-order valence-corrected chi connectivity index (χ3v) is 6.29. The van der Waals surface area contributed by atoms with Crippen LogP contribution in [0.4, 0.5) is 0 Å². The van der Waals surface area contributed by atoms with Crippen LogP contribution in [-0.4, -0.2) is 58.9 Å². The predicted molar refractivity (Wildman–Crippen MR) is 162 cm³/mol. The molecule has 0 aliphatic rings. The summed E-state index contributed by atoms with van der Waals surface area (Å²) >= 11 is 0. The van der Waals surface area contributed by atoms with Crippen molar-refractivity contribution in [2.45, 2.75) is 39.5 Å². The van der Waals surface area contributed by atoms with Crippen molar-refractivity contribution in [3.63, 3.8) is 0 Å². The molecule has 0 heterocycles. The normalized spacial score (nSPS) is 10.5. The predicted octanol–water partition coefficient (Wildman–Crippen LogP) is 5.45. The molecule has 226 valence electrons. The summed E-state index contributed by atoms with van der Waals surface area (Å²) in [4.78, 5) is 25.4. The molecular weight excluding hydrogens is 536 g/mol. The molecule has 0 spiro atoms. The summed E-state index contributed by atoms with van der Waals surface area (Å²) in [5, 5.41) is 5.89. The molecule has 0 atom stereocenters. The van der Waals surface area contributed by atoms with E-state index in [9.17, 15) is 9.59 Å². The molecule has 0 aliphatic heterocycles. The Bertz CT molecular complexity index is 1280.